The maximum Gasteiger partial charge on any atom is 0.441 e. The van der Waals surface area contributed by atoms with Crippen LogP contribution in [0.1, 0.15) is 0 Å². The number of halogens is 3. The summed E-state index contributed by atoms with van der Waals surface area (Å²) in [5.74, 6) is 1.03. The molecular weight excluding hydrogens is 249 g/mol. The Morgan fingerprint density at radius 1 is 1.60 bits per heavy atom. The maximum atomic E-state index is 11.7. The minimum absolute atomic E-state index is 0.0475. The average Bonchev–Trinajstić information content (AvgIpc) is 2.63. The van der Waals surface area contributed by atoms with Gasteiger partial charge in [0.05, 0.1) is 6.04 Å². The van der Waals surface area contributed by atoms with E-state index in [-0.39, 0.29) is 36.0 Å². The van der Waals surface area contributed by atoms with Gasteiger partial charge in [0.15, 0.2) is 0 Å². The molecule has 3 nitrogen and oxygen atoms in total. The van der Waals surface area contributed by atoms with Crippen LogP contribution in [0.25, 0.3) is 0 Å². The van der Waals surface area contributed by atoms with Crippen molar-refractivity contribution in [3.63, 3.8) is 0 Å². The number of alkyl halides is 3. The number of amides is 1. The zero-order valence-electron chi connectivity index (χ0n) is 7.76. The van der Waals surface area contributed by atoms with Gasteiger partial charge in [0.2, 0.25) is 5.91 Å². The van der Waals surface area contributed by atoms with E-state index in [4.69, 9.17) is 0 Å². The van der Waals surface area contributed by atoms with Crippen molar-refractivity contribution < 1.29 is 18.0 Å². The van der Waals surface area contributed by atoms with Crippen molar-refractivity contribution >= 4 is 29.4 Å². The van der Waals surface area contributed by atoms with Crippen LogP contribution in [0.5, 0.6) is 0 Å². The fourth-order valence-corrected chi connectivity index (χ4v) is 2.41. The van der Waals surface area contributed by atoms with Crippen LogP contribution in [-0.2, 0) is 4.79 Å². The first kappa shape index (κ1) is 13.0. The van der Waals surface area contributed by atoms with Gasteiger partial charge >= 0.3 is 5.51 Å². The Bertz CT molecular complexity index is 219. The molecule has 0 aromatic heterocycles. The zero-order valence-corrected chi connectivity index (χ0v) is 9.40. The quantitative estimate of drug-likeness (QED) is 0.741. The third-order valence-electron chi connectivity index (χ3n) is 1.70. The van der Waals surface area contributed by atoms with Crippen molar-refractivity contribution in [2.45, 2.75) is 11.6 Å². The summed E-state index contributed by atoms with van der Waals surface area (Å²) in [5, 5.41) is 5.40. The van der Waals surface area contributed by atoms with E-state index in [2.05, 4.69) is 10.6 Å². The van der Waals surface area contributed by atoms with Crippen LogP contribution in [0.3, 0.4) is 0 Å². The van der Waals surface area contributed by atoms with Crippen LogP contribution in [0, 0.1) is 0 Å². The van der Waals surface area contributed by atoms with Crippen LogP contribution in [-0.4, -0.2) is 41.4 Å². The summed E-state index contributed by atoms with van der Waals surface area (Å²) in [6, 6.07) is -0.258. The fraction of sp³-hybridized carbons (Fsp3) is 0.857. The zero-order chi connectivity index (χ0) is 11.3. The molecule has 1 fully saturated rings. The molecule has 1 aliphatic rings. The summed E-state index contributed by atoms with van der Waals surface area (Å²) < 4.78 is 35.1. The molecule has 1 amide bonds. The standard InChI is InChI=1S/C7H11F3N2OS2/c8-7(9,10)15-2-1-11-6(13)5-3-14-4-12-5/h5,12H,1-4H2,(H,11,13)/t5-/m1/s1. The Hall–Kier alpha value is -0.0800. The number of carbonyl (C=O) groups is 1. The largest absolute Gasteiger partial charge is 0.441 e. The summed E-state index contributed by atoms with van der Waals surface area (Å²) in [5.41, 5.74) is -4.22. The third-order valence-corrected chi connectivity index (χ3v) is 3.38. The van der Waals surface area contributed by atoms with Gasteiger partial charge in [-0.2, -0.15) is 13.2 Å². The average molecular weight is 260 g/mol. The number of rotatable bonds is 4. The van der Waals surface area contributed by atoms with Gasteiger partial charge in [0.1, 0.15) is 0 Å². The SMILES string of the molecule is O=C(NCCSC(F)(F)F)[C@H]1CSCN1. The van der Waals surface area contributed by atoms with E-state index in [1.165, 1.54) is 0 Å². The van der Waals surface area contributed by atoms with Crippen LogP contribution in [0.2, 0.25) is 0 Å². The minimum atomic E-state index is -4.22. The van der Waals surface area contributed by atoms with Crippen LogP contribution in [0.4, 0.5) is 13.2 Å². The van der Waals surface area contributed by atoms with E-state index >= 15 is 0 Å². The molecule has 0 aromatic carbocycles. The monoisotopic (exact) mass is 260 g/mol. The topological polar surface area (TPSA) is 41.1 Å². The first-order chi connectivity index (χ1) is 6.99. The van der Waals surface area contributed by atoms with Gasteiger partial charge in [-0.05, 0) is 11.8 Å². The van der Waals surface area contributed by atoms with E-state index in [9.17, 15) is 18.0 Å². The molecule has 15 heavy (non-hydrogen) atoms. The molecule has 8 heteroatoms. The lowest BCUT2D eigenvalue weighted by Gasteiger charge is -2.10. The summed E-state index contributed by atoms with van der Waals surface area (Å²) in [7, 11) is 0. The van der Waals surface area contributed by atoms with Crippen LogP contribution < -0.4 is 10.6 Å². The molecule has 0 aliphatic carbocycles. The highest BCUT2D eigenvalue weighted by Gasteiger charge is 2.28. The molecule has 1 rings (SSSR count). The number of thioether (sulfide) groups is 2. The van der Waals surface area contributed by atoms with E-state index in [1.54, 1.807) is 11.8 Å². The maximum absolute atomic E-state index is 11.7. The highest BCUT2D eigenvalue weighted by atomic mass is 32.2. The summed E-state index contributed by atoms with van der Waals surface area (Å²) in [6.45, 7) is 0.0475. The highest BCUT2D eigenvalue weighted by molar-refractivity contribution is 8.00. The van der Waals surface area contributed by atoms with Crippen LogP contribution >= 0.6 is 23.5 Å². The molecule has 1 aliphatic heterocycles. The first-order valence-electron chi connectivity index (χ1n) is 4.28. The third kappa shape index (κ3) is 5.53. The van der Waals surface area contributed by atoms with Crippen molar-refractivity contribution in [3.05, 3.63) is 0 Å². The normalized spacial score (nSPS) is 21.7. The molecular formula is C7H11F3N2OS2. The Morgan fingerprint density at radius 2 is 2.33 bits per heavy atom. The van der Waals surface area contributed by atoms with Gasteiger partial charge in [-0.15, -0.1) is 11.8 Å². The second kappa shape index (κ2) is 5.86. The predicted molar refractivity (Wildman–Crippen MR) is 55.8 cm³/mol. The van der Waals surface area contributed by atoms with Crippen molar-refractivity contribution in [2.24, 2.45) is 0 Å². The number of carbonyl (C=O) groups excluding carboxylic acids is 1. The smallest absolute Gasteiger partial charge is 0.354 e. The van der Waals surface area contributed by atoms with Gasteiger partial charge in [0, 0.05) is 23.9 Å². The molecule has 88 valence electrons. The molecule has 0 unspecified atom stereocenters. The number of hydrogen-bond acceptors (Lipinski definition) is 4. The lowest BCUT2D eigenvalue weighted by molar-refractivity contribution is -0.122. The van der Waals surface area contributed by atoms with Crippen LogP contribution in [0.15, 0.2) is 0 Å². The Balaban J connectivity index is 2.07. The molecule has 0 aromatic rings. The molecule has 0 saturated carbocycles. The van der Waals surface area contributed by atoms with Gasteiger partial charge in [-0.25, -0.2) is 0 Å². The van der Waals surface area contributed by atoms with E-state index in [0.29, 0.717) is 5.75 Å². The van der Waals surface area contributed by atoms with Crippen molar-refractivity contribution in [3.8, 4) is 0 Å². The summed E-state index contributed by atoms with van der Waals surface area (Å²) >= 11 is 1.47. The van der Waals surface area contributed by atoms with E-state index in [1.807, 2.05) is 0 Å². The van der Waals surface area contributed by atoms with E-state index < -0.39 is 5.51 Å². The summed E-state index contributed by atoms with van der Waals surface area (Å²) in [4.78, 5) is 11.3. The van der Waals surface area contributed by atoms with Gasteiger partial charge in [0.25, 0.3) is 0 Å². The molecule has 0 spiro atoms. The molecule has 1 atom stereocenters. The second-order valence-corrected chi connectivity index (χ2v) is 5.05. The molecule has 2 N–H and O–H groups in total. The minimum Gasteiger partial charge on any atom is -0.354 e. The molecule has 0 bridgehead atoms. The first-order valence-corrected chi connectivity index (χ1v) is 6.42. The van der Waals surface area contributed by atoms with Crippen molar-refractivity contribution in [1.82, 2.24) is 10.6 Å². The summed E-state index contributed by atoms with van der Waals surface area (Å²) in [6.07, 6.45) is 0. The lowest BCUT2D eigenvalue weighted by atomic mass is 10.3. The van der Waals surface area contributed by atoms with Gasteiger partial charge in [-0.1, -0.05) is 0 Å². The molecule has 1 heterocycles. The van der Waals surface area contributed by atoms with E-state index in [0.717, 1.165) is 5.88 Å². The Kier molecular flexibility index (Phi) is 5.07. The fourth-order valence-electron chi connectivity index (χ4n) is 1.03. The Labute approximate surface area is 93.9 Å². The molecule has 0 radical (unpaired) electrons. The van der Waals surface area contributed by atoms with Gasteiger partial charge in [-0.3, -0.25) is 10.1 Å². The Morgan fingerprint density at radius 3 is 2.87 bits per heavy atom. The predicted octanol–water partition coefficient (Wildman–Crippen LogP) is 1.02. The van der Waals surface area contributed by atoms with Crippen molar-refractivity contribution in [1.29, 1.82) is 0 Å². The van der Waals surface area contributed by atoms with Gasteiger partial charge < -0.3 is 5.32 Å². The highest BCUT2D eigenvalue weighted by Crippen LogP contribution is 2.29. The molecule has 1 saturated heterocycles. The number of nitrogens with one attached hydrogen (secondary N) is 2. The second-order valence-electron chi connectivity index (χ2n) is 2.86. The van der Waals surface area contributed by atoms with Crippen molar-refractivity contribution in [2.75, 3.05) is 23.9 Å². The lowest BCUT2D eigenvalue weighted by Crippen LogP contribution is -2.42. The number of hydrogen-bond donors (Lipinski definition) is 2.